The van der Waals surface area contributed by atoms with Crippen LogP contribution in [0.1, 0.15) is 90.3 Å². The molecule has 2 rings (SSSR count). The third kappa shape index (κ3) is 4.53. The van der Waals surface area contributed by atoms with Crippen molar-refractivity contribution in [1.82, 2.24) is 10.1 Å². The fourth-order valence-corrected chi connectivity index (χ4v) is 3.25. The number of rotatable bonds is 4. The molecular weight excluding hydrogens is 262 g/mol. The first-order valence-corrected chi connectivity index (χ1v) is 8.24. The molecule has 2 N–H and O–H groups in total. The lowest BCUT2D eigenvalue weighted by Crippen LogP contribution is -2.21. The Morgan fingerprint density at radius 3 is 2.43 bits per heavy atom. The van der Waals surface area contributed by atoms with Crippen LogP contribution in [0.3, 0.4) is 0 Å². The quantitative estimate of drug-likeness (QED) is 0.902. The number of hydrogen-bond donors (Lipinski definition) is 1. The Bertz CT molecular complexity index is 449. The molecule has 4 nitrogen and oxygen atoms in total. The molecule has 0 spiro atoms. The van der Waals surface area contributed by atoms with E-state index in [4.69, 9.17) is 10.3 Å². The summed E-state index contributed by atoms with van der Waals surface area (Å²) in [6, 6.07) is 0. The normalized spacial score (nSPS) is 21.4. The first-order chi connectivity index (χ1) is 9.70. The second-order valence-electron chi connectivity index (χ2n) is 8.63. The summed E-state index contributed by atoms with van der Waals surface area (Å²) >= 11 is 0. The molecule has 1 aliphatic carbocycles. The average Bonchev–Trinajstić information content (AvgIpc) is 2.84. The summed E-state index contributed by atoms with van der Waals surface area (Å²) in [4.78, 5) is 4.68. The molecule has 1 saturated carbocycles. The zero-order chi connectivity index (χ0) is 15.7. The largest absolute Gasteiger partial charge is 0.339 e. The second kappa shape index (κ2) is 6.07. The van der Waals surface area contributed by atoms with Gasteiger partial charge in [-0.15, -0.1) is 0 Å². The van der Waals surface area contributed by atoms with Gasteiger partial charge in [0.1, 0.15) is 0 Å². The van der Waals surface area contributed by atoms with Crippen molar-refractivity contribution in [1.29, 1.82) is 0 Å². The third-order valence-corrected chi connectivity index (χ3v) is 4.65. The van der Waals surface area contributed by atoms with Gasteiger partial charge in [-0.1, -0.05) is 39.8 Å². The molecule has 4 heteroatoms. The minimum absolute atomic E-state index is 0.172. The molecule has 0 bridgehead atoms. The number of nitrogens with zero attached hydrogens (tertiary/aromatic N) is 2. The minimum atomic E-state index is 0.172. The monoisotopic (exact) mass is 293 g/mol. The van der Waals surface area contributed by atoms with Gasteiger partial charge in [0.15, 0.2) is 5.82 Å². The Morgan fingerprint density at radius 2 is 1.90 bits per heavy atom. The van der Waals surface area contributed by atoms with Gasteiger partial charge in [0.25, 0.3) is 0 Å². The van der Waals surface area contributed by atoms with E-state index in [1.54, 1.807) is 0 Å². The van der Waals surface area contributed by atoms with Crippen LogP contribution in [0.15, 0.2) is 4.52 Å². The summed E-state index contributed by atoms with van der Waals surface area (Å²) in [5.74, 6) is 2.26. The predicted molar refractivity (Wildman–Crippen MR) is 85.2 cm³/mol. The highest BCUT2D eigenvalue weighted by molar-refractivity contribution is 5.02. The summed E-state index contributed by atoms with van der Waals surface area (Å²) < 4.78 is 5.53. The van der Waals surface area contributed by atoms with Crippen molar-refractivity contribution in [3.8, 4) is 0 Å². The molecule has 1 aromatic rings. The summed E-state index contributed by atoms with van der Waals surface area (Å²) in [7, 11) is 0. The van der Waals surface area contributed by atoms with Crippen LogP contribution in [0.2, 0.25) is 0 Å². The van der Waals surface area contributed by atoms with Crippen molar-refractivity contribution >= 4 is 0 Å². The molecule has 1 unspecified atom stereocenters. The Hall–Kier alpha value is -0.900. The zero-order valence-electron chi connectivity index (χ0n) is 14.3. The maximum atomic E-state index is 5.91. The molecule has 0 radical (unpaired) electrons. The van der Waals surface area contributed by atoms with E-state index >= 15 is 0 Å². The van der Waals surface area contributed by atoms with E-state index in [2.05, 4.69) is 44.8 Å². The number of aromatic nitrogens is 2. The van der Waals surface area contributed by atoms with Crippen molar-refractivity contribution in [2.75, 3.05) is 6.54 Å². The molecule has 1 aromatic heterocycles. The van der Waals surface area contributed by atoms with Gasteiger partial charge in [0.05, 0.1) is 5.92 Å². The zero-order valence-corrected chi connectivity index (χ0v) is 14.3. The van der Waals surface area contributed by atoms with Crippen LogP contribution >= 0.6 is 0 Å². The van der Waals surface area contributed by atoms with Crippen LogP contribution in [-0.4, -0.2) is 16.7 Å². The molecular formula is C17H31N3O. The highest BCUT2D eigenvalue weighted by Gasteiger charge is 2.31. The Morgan fingerprint density at radius 1 is 1.29 bits per heavy atom. The van der Waals surface area contributed by atoms with Gasteiger partial charge in [0, 0.05) is 12.5 Å². The van der Waals surface area contributed by atoms with Gasteiger partial charge >= 0.3 is 0 Å². The summed E-state index contributed by atoms with van der Waals surface area (Å²) in [6.45, 7) is 11.9. The fourth-order valence-electron chi connectivity index (χ4n) is 3.25. The Balaban J connectivity index is 2.04. The molecule has 1 fully saturated rings. The maximum Gasteiger partial charge on any atom is 0.231 e. The first-order valence-electron chi connectivity index (χ1n) is 8.24. The minimum Gasteiger partial charge on any atom is -0.339 e. The Labute approximate surface area is 128 Å². The average molecular weight is 293 g/mol. The summed E-state index contributed by atoms with van der Waals surface area (Å²) in [5, 5.41) is 4.24. The molecule has 0 saturated heterocycles. The van der Waals surface area contributed by atoms with E-state index in [-0.39, 0.29) is 11.3 Å². The third-order valence-electron chi connectivity index (χ3n) is 4.65. The fraction of sp³-hybridized carbons (Fsp3) is 0.882. The van der Waals surface area contributed by atoms with Gasteiger partial charge in [0.2, 0.25) is 5.89 Å². The molecule has 1 heterocycles. The van der Waals surface area contributed by atoms with Crippen LogP contribution in [-0.2, 0) is 0 Å². The molecule has 0 amide bonds. The van der Waals surface area contributed by atoms with Gasteiger partial charge in [-0.3, -0.25) is 0 Å². The predicted octanol–water partition coefficient (Wildman–Crippen LogP) is 4.23. The molecule has 21 heavy (non-hydrogen) atoms. The highest BCUT2D eigenvalue weighted by Crippen LogP contribution is 2.42. The lowest BCUT2D eigenvalue weighted by Gasteiger charge is -2.32. The van der Waals surface area contributed by atoms with Crippen LogP contribution < -0.4 is 5.73 Å². The van der Waals surface area contributed by atoms with Gasteiger partial charge < -0.3 is 10.3 Å². The van der Waals surface area contributed by atoms with Crippen LogP contribution in [0.25, 0.3) is 0 Å². The number of hydrogen-bond acceptors (Lipinski definition) is 4. The standard InChI is InChI=1S/C17H31N3O/c1-16(2,3)10-13(11-18)15-19-14(20-21-15)12-6-8-17(4,5)9-7-12/h12-13H,6-11,18H2,1-5H3. The Kier molecular flexibility index (Phi) is 4.76. The molecule has 120 valence electrons. The van der Waals surface area contributed by atoms with Crippen molar-refractivity contribution in [2.24, 2.45) is 16.6 Å². The van der Waals surface area contributed by atoms with Gasteiger partial charge in [-0.25, -0.2) is 0 Å². The van der Waals surface area contributed by atoms with Crippen molar-refractivity contribution in [2.45, 2.75) is 78.6 Å². The molecule has 0 aliphatic heterocycles. The van der Waals surface area contributed by atoms with Gasteiger partial charge in [-0.2, -0.15) is 4.98 Å². The van der Waals surface area contributed by atoms with E-state index in [9.17, 15) is 0 Å². The van der Waals surface area contributed by atoms with Crippen LogP contribution in [0.4, 0.5) is 0 Å². The molecule has 1 atom stereocenters. The van der Waals surface area contributed by atoms with E-state index in [1.807, 2.05) is 0 Å². The lowest BCUT2D eigenvalue weighted by molar-refractivity contribution is 0.218. The van der Waals surface area contributed by atoms with Crippen LogP contribution in [0.5, 0.6) is 0 Å². The SMILES string of the molecule is CC(C)(C)CC(CN)c1nc(C2CCC(C)(C)CC2)no1. The highest BCUT2D eigenvalue weighted by atomic mass is 16.5. The number of nitrogens with two attached hydrogens (primary N) is 1. The second-order valence-corrected chi connectivity index (χ2v) is 8.63. The van der Waals surface area contributed by atoms with E-state index in [1.165, 1.54) is 25.7 Å². The summed E-state index contributed by atoms with van der Waals surface area (Å²) in [6.07, 6.45) is 5.79. The van der Waals surface area contributed by atoms with E-state index < -0.39 is 0 Å². The topological polar surface area (TPSA) is 64.9 Å². The van der Waals surface area contributed by atoms with Crippen molar-refractivity contribution < 1.29 is 4.52 Å². The molecule has 1 aliphatic rings. The first kappa shape index (κ1) is 16.5. The van der Waals surface area contributed by atoms with E-state index in [0.717, 1.165) is 18.1 Å². The van der Waals surface area contributed by atoms with Crippen molar-refractivity contribution in [3.05, 3.63) is 11.7 Å². The maximum absolute atomic E-state index is 5.91. The van der Waals surface area contributed by atoms with Crippen LogP contribution in [0, 0.1) is 10.8 Å². The molecule has 0 aromatic carbocycles. The van der Waals surface area contributed by atoms with E-state index in [0.29, 0.717) is 17.9 Å². The smallest absolute Gasteiger partial charge is 0.231 e. The van der Waals surface area contributed by atoms with Crippen molar-refractivity contribution in [3.63, 3.8) is 0 Å². The summed E-state index contributed by atoms with van der Waals surface area (Å²) in [5.41, 5.74) is 6.59. The van der Waals surface area contributed by atoms with Gasteiger partial charge in [-0.05, 0) is 42.9 Å². The lowest BCUT2D eigenvalue weighted by atomic mass is 9.73.